The molecule has 1 aromatic rings. The third-order valence-electron chi connectivity index (χ3n) is 3.10. The van der Waals surface area contributed by atoms with Gasteiger partial charge in [0, 0.05) is 18.8 Å². The van der Waals surface area contributed by atoms with Crippen molar-refractivity contribution >= 4 is 6.09 Å². The smallest absolute Gasteiger partial charge is 0.425 e. The van der Waals surface area contributed by atoms with Gasteiger partial charge in [-0.2, -0.15) is 0 Å². The number of hydrazine groups is 1. The van der Waals surface area contributed by atoms with Gasteiger partial charge in [0.15, 0.2) is 6.61 Å². The van der Waals surface area contributed by atoms with E-state index in [-0.39, 0.29) is 11.9 Å². The summed E-state index contributed by atoms with van der Waals surface area (Å²) in [5, 5.41) is 1.33. The number of rotatable bonds is 6. The highest BCUT2D eigenvalue weighted by atomic mass is 19.3. The molecular weight excluding hydrogens is 320 g/mol. The van der Waals surface area contributed by atoms with Gasteiger partial charge >= 0.3 is 6.09 Å². The summed E-state index contributed by atoms with van der Waals surface area (Å²) in [6, 6.07) is 1.37. The van der Waals surface area contributed by atoms with Crippen LogP contribution in [0.15, 0.2) is 12.3 Å². The number of hydrogen-bond donors (Lipinski definition) is 1. The van der Waals surface area contributed by atoms with Gasteiger partial charge in [0.05, 0.1) is 6.04 Å². The van der Waals surface area contributed by atoms with Crippen LogP contribution in [0.4, 0.5) is 13.6 Å². The van der Waals surface area contributed by atoms with E-state index in [1.807, 2.05) is 0 Å². The molecule has 0 aliphatic heterocycles. The average Bonchev–Trinajstić information content (AvgIpc) is 2.44. The van der Waals surface area contributed by atoms with Crippen LogP contribution in [0.25, 0.3) is 0 Å². The minimum atomic E-state index is -2.56. The first-order valence-corrected chi connectivity index (χ1v) is 7.62. The molecule has 1 unspecified atom stereocenters. The number of carbonyl (C=O) groups excluding carboxylic acids is 1. The first kappa shape index (κ1) is 20.1. The monoisotopic (exact) mass is 345 g/mol. The fourth-order valence-electron chi connectivity index (χ4n) is 2.01. The van der Waals surface area contributed by atoms with Crippen LogP contribution in [0.2, 0.25) is 0 Å². The number of nitrogens with one attached hydrogen (secondary N) is 1. The van der Waals surface area contributed by atoms with E-state index in [0.717, 1.165) is 5.56 Å². The molecule has 24 heavy (non-hydrogen) atoms. The van der Waals surface area contributed by atoms with Crippen LogP contribution in [0, 0.1) is 6.92 Å². The van der Waals surface area contributed by atoms with E-state index >= 15 is 0 Å². The minimum absolute atomic E-state index is 0.152. The maximum atomic E-state index is 12.2. The second-order valence-corrected chi connectivity index (χ2v) is 6.34. The van der Waals surface area contributed by atoms with Crippen molar-refractivity contribution in [3.63, 3.8) is 0 Å². The van der Waals surface area contributed by atoms with E-state index in [1.54, 1.807) is 47.7 Å². The van der Waals surface area contributed by atoms with E-state index in [9.17, 15) is 13.6 Å². The van der Waals surface area contributed by atoms with Crippen molar-refractivity contribution in [2.24, 2.45) is 0 Å². The van der Waals surface area contributed by atoms with Gasteiger partial charge in [0.1, 0.15) is 5.60 Å². The van der Waals surface area contributed by atoms with Crippen LogP contribution in [0.1, 0.15) is 44.9 Å². The second kappa shape index (κ2) is 8.23. The lowest BCUT2D eigenvalue weighted by Gasteiger charge is -2.31. The normalized spacial score (nSPS) is 12.9. The Labute approximate surface area is 141 Å². The number of amides is 1. The highest BCUT2D eigenvalue weighted by Crippen LogP contribution is 2.24. The molecule has 0 bridgehead atoms. The lowest BCUT2D eigenvalue weighted by atomic mass is 10.1. The number of halogens is 2. The molecule has 8 heteroatoms. The first-order chi connectivity index (χ1) is 11.0. The Morgan fingerprint density at radius 2 is 2.04 bits per heavy atom. The maximum Gasteiger partial charge on any atom is 0.425 e. The lowest BCUT2D eigenvalue weighted by molar-refractivity contribution is 0.00615. The molecule has 1 rings (SSSR count). The van der Waals surface area contributed by atoms with Crippen LogP contribution >= 0.6 is 0 Å². The van der Waals surface area contributed by atoms with E-state index in [4.69, 9.17) is 9.47 Å². The molecule has 1 atom stereocenters. The quantitative estimate of drug-likeness (QED) is 0.800. The van der Waals surface area contributed by atoms with Crippen LogP contribution in [0.5, 0.6) is 5.88 Å². The van der Waals surface area contributed by atoms with Crippen LogP contribution in [-0.4, -0.2) is 41.8 Å². The fourth-order valence-corrected chi connectivity index (χ4v) is 2.01. The molecule has 6 nitrogen and oxygen atoms in total. The minimum Gasteiger partial charge on any atom is -0.471 e. The summed E-state index contributed by atoms with van der Waals surface area (Å²) in [6.45, 7) is 8.15. The lowest BCUT2D eigenvalue weighted by Crippen LogP contribution is -2.45. The predicted molar refractivity (Wildman–Crippen MR) is 86.0 cm³/mol. The number of nitrogens with zero attached hydrogens (tertiary/aromatic N) is 2. The third kappa shape index (κ3) is 5.92. The molecule has 1 N–H and O–H groups in total. The Morgan fingerprint density at radius 3 is 2.50 bits per heavy atom. The summed E-state index contributed by atoms with van der Waals surface area (Å²) in [5.74, 6) is 0.152. The molecule has 136 valence electrons. The molecule has 0 aromatic carbocycles. The summed E-state index contributed by atoms with van der Waals surface area (Å²) >= 11 is 0. The van der Waals surface area contributed by atoms with Crippen LogP contribution in [-0.2, 0) is 4.74 Å². The van der Waals surface area contributed by atoms with E-state index in [2.05, 4.69) is 10.4 Å². The van der Waals surface area contributed by atoms with Gasteiger partial charge in [-0.25, -0.2) is 29.0 Å². The standard InChI is InChI=1S/C16H25F2N3O3/c1-10-7-12(8-20-14(10)23-9-13(17)18)11(2)21(19-6)15(22)24-16(3,4)5/h7-8,11,13,19H,9H2,1-6H3. The highest BCUT2D eigenvalue weighted by molar-refractivity contribution is 5.68. The molecule has 1 amide bonds. The van der Waals surface area contributed by atoms with Gasteiger partial charge in [0.2, 0.25) is 5.88 Å². The Hall–Kier alpha value is -1.96. The summed E-state index contributed by atoms with van der Waals surface area (Å²) in [7, 11) is 1.61. The van der Waals surface area contributed by atoms with Crippen molar-refractivity contribution in [1.29, 1.82) is 0 Å². The molecule has 1 heterocycles. The number of ether oxygens (including phenoxy) is 2. The summed E-state index contributed by atoms with van der Waals surface area (Å²) < 4.78 is 34.7. The zero-order chi connectivity index (χ0) is 18.5. The van der Waals surface area contributed by atoms with Gasteiger partial charge in [-0.3, -0.25) is 0 Å². The summed E-state index contributed by atoms with van der Waals surface area (Å²) in [4.78, 5) is 16.3. The van der Waals surface area contributed by atoms with Crippen molar-refractivity contribution in [3.05, 3.63) is 23.4 Å². The SMILES string of the molecule is CNN(C(=O)OC(C)(C)C)C(C)c1cnc(OCC(F)F)c(C)c1. The molecule has 0 spiro atoms. The number of aryl methyl sites for hydroxylation is 1. The average molecular weight is 345 g/mol. The van der Waals surface area contributed by atoms with E-state index < -0.39 is 24.7 Å². The van der Waals surface area contributed by atoms with Gasteiger partial charge in [0.25, 0.3) is 6.43 Å². The van der Waals surface area contributed by atoms with Gasteiger partial charge in [-0.1, -0.05) is 0 Å². The fraction of sp³-hybridized carbons (Fsp3) is 0.625. The van der Waals surface area contributed by atoms with E-state index in [0.29, 0.717) is 5.56 Å². The molecule has 0 fully saturated rings. The maximum absolute atomic E-state index is 12.2. The third-order valence-corrected chi connectivity index (χ3v) is 3.10. The molecule has 0 saturated carbocycles. The first-order valence-electron chi connectivity index (χ1n) is 7.62. The second-order valence-electron chi connectivity index (χ2n) is 6.34. The van der Waals surface area contributed by atoms with E-state index in [1.165, 1.54) is 11.2 Å². The molecule has 0 aliphatic carbocycles. The summed E-state index contributed by atoms with van der Waals surface area (Å²) in [6.07, 6.45) is -1.59. The predicted octanol–water partition coefficient (Wildman–Crippen LogP) is 3.47. The molecule has 0 aliphatic rings. The van der Waals surface area contributed by atoms with Crippen LogP contribution in [0.3, 0.4) is 0 Å². The van der Waals surface area contributed by atoms with Crippen LogP contribution < -0.4 is 10.2 Å². The summed E-state index contributed by atoms with van der Waals surface area (Å²) in [5.41, 5.74) is 3.51. The van der Waals surface area contributed by atoms with Crippen molar-refractivity contribution in [2.75, 3.05) is 13.7 Å². The Morgan fingerprint density at radius 1 is 1.42 bits per heavy atom. The van der Waals surface area contributed by atoms with Crippen molar-refractivity contribution in [2.45, 2.75) is 52.7 Å². The molecular formula is C16H25F2N3O3. The van der Waals surface area contributed by atoms with Crippen molar-refractivity contribution in [1.82, 2.24) is 15.4 Å². The topological polar surface area (TPSA) is 63.7 Å². The molecule has 1 aromatic heterocycles. The molecule has 0 radical (unpaired) electrons. The van der Waals surface area contributed by atoms with Gasteiger partial charge < -0.3 is 9.47 Å². The zero-order valence-corrected chi connectivity index (χ0v) is 14.9. The largest absolute Gasteiger partial charge is 0.471 e. The van der Waals surface area contributed by atoms with Gasteiger partial charge in [-0.05, 0) is 46.2 Å². The zero-order valence-electron chi connectivity index (χ0n) is 14.9. The molecule has 0 saturated heterocycles. The van der Waals surface area contributed by atoms with Gasteiger partial charge in [-0.15, -0.1) is 0 Å². The Bertz CT molecular complexity index is 562. The highest BCUT2D eigenvalue weighted by Gasteiger charge is 2.26. The Kier molecular flexibility index (Phi) is 6.89. The van der Waals surface area contributed by atoms with Crippen molar-refractivity contribution in [3.8, 4) is 5.88 Å². The number of hydrogen-bond acceptors (Lipinski definition) is 5. The Balaban J connectivity index is 2.90. The number of carbonyl (C=O) groups is 1. The number of alkyl halides is 2. The van der Waals surface area contributed by atoms with Crippen molar-refractivity contribution < 1.29 is 23.0 Å². The number of pyridine rings is 1. The number of aromatic nitrogens is 1.